The van der Waals surface area contributed by atoms with E-state index in [2.05, 4.69) is 11.4 Å². The first-order chi connectivity index (χ1) is 10.6. The average Bonchev–Trinajstić information content (AvgIpc) is 2.83. The van der Waals surface area contributed by atoms with Crippen LogP contribution in [0.2, 0.25) is 8.67 Å². The Labute approximate surface area is 142 Å². The third-order valence-corrected chi connectivity index (χ3v) is 4.18. The molecule has 2 rings (SSSR count). The van der Waals surface area contributed by atoms with Crippen molar-refractivity contribution < 1.29 is 9.53 Å². The molecule has 1 N–H and O–H groups in total. The first-order valence-electron chi connectivity index (χ1n) is 6.46. The quantitative estimate of drug-likeness (QED) is 0.743. The summed E-state index contributed by atoms with van der Waals surface area (Å²) in [4.78, 5) is 12.1. The minimum absolute atomic E-state index is 0.324. The number of hydrogen-bond donors (Lipinski definition) is 1. The van der Waals surface area contributed by atoms with Crippen molar-refractivity contribution in [1.82, 2.24) is 0 Å². The lowest BCUT2D eigenvalue weighted by Crippen LogP contribution is -2.11. The van der Waals surface area contributed by atoms with Crippen LogP contribution in [0.15, 0.2) is 30.3 Å². The van der Waals surface area contributed by atoms with Crippen molar-refractivity contribution in [2.75, 3.05) is 11.9 Å². The van der Waals surface area contributed by atoms with Crippen molar-refractivity contribution in [3.63, 3.8) is 0 Å². The summed E-state index contributed by atoms with van der Waals surface area (Å²) in [7, 11) is 0. The molecule has 0 aliphatic carbocycles. The second-order valence-electron chi connectivity index (χ2n) is 4.33. The number of rotatable bonds is 6. The van der Waals surface area contributed by atoms with Crippen molar-refractivity contribution in [2.45, 2.75) is 12.8 Å². The molecular weight excluding hydrogens is 343 g/mol. The molecule has 0 aliphatic heterocycles. The molecule has 0 bridgehead atoms. The molecule has 1 heterocycles. The number of ether oxygens (including phenoxy) is 1. The number of anilines is 1. The van der Waals surface area contributed by atoms with Gasteiger partial charge < -0.3 is 10.1 Å². The van der Waals surface area contributed by atoms with E-state index in [1.807, 2.05) is 0 Å². The number of halogens is 2. The molecule has 0 fully saturated rings. The van der Waals surface area contributed by atoms with Gasteiger partial charge in [0.15, 0.2) is 0 Å². The van der Waals surface area contributed by atoms with Crippen LogP contribution in [0.4, 0.5) is 5.69 Å². The number of thiophene rings is 1. The number of carbonyl (C=O) groups is 1. The molecule has 1 amide bonds. The van der Waals surface area contributed by atoms with Gasteiger partial charge in [0.25, 0.3) is 5.91 Å². The lowest BCUT2D eigenvalue weighted by molar-refractivity contribution is 0.102. The first-order valence-corrected chi connectivity index (χ1v) is 8.03. The monoisotopic (exact) mass is 354 g/mol. The fourth-order valence-electron chi connectivity index (χ4n) is 1.70. The number of unbranched alkanes of at least 4 members (excludes halogenated alkanes) is 1. The lowest BCUT2D eigenvalue weighted by atomic mass is 10.2. The molecule has 4 nitrogen and oxygen atoms in total. The highest BCUT2D eigenvalue weighted by atomic mass is 35.5. The number of amides is 1. The van der Waals surface area contributed by atoms with Gasteiger partial charge in [0.05, 0.1) is 22.6 Å². The number of nitrogens with one attached hydrogen (secondary N) is 1. The summed E-state index contributed by atoms with van der Waals surface area (Å²) in [6.07, 6.45) is 1.12. The molecular formula is C15H12Cl2N2O2S. The Hall–Kier alpha value is -1.74. The fraction of sp³-hybridized carbons (Fsp3) is 0.200. The lowest BCUT2D eigenvalue weighted by Gasteiger charge is -2.08. The normalized spacial score (nSPS) is 10.0. The zero-order valence-electron chi connectivity index (χ0n) is 11.4. The molecule has 0 atom stereocenters. The Kier molecular flexibility index (Phi) is 6.08. The molecule has 1 aromatic heterocycles. The van der Waals surface area contributed by atoms with Crippen LogP contribution in [0.25, 0.3) is 0 Å². The molecule has 114 valence electrons. The van der Waals surface area contributed by atoms with Crippen molar-refractivity contribution >= 4 is 46.1 Å². The summed E-state index contributed by atoms with van der Waals surface area (Å²) in [5.74, 6) is 0.306. The Balaban J connectivity index is 1.99. The number of benzene rings is 1. The molecule has 0 saturated carbocycles. The van der Waals surface area contributed by atoms with Gasteiger partial charge in [-0.25, -0.2) is 0 Å². The van der Waals surface area contributed by atoms with Crippen molar-refractivity contribution in [3.05, 3.63) is 44.6 Å². The third kappa shape index (κ3) is 4.63. The topological polar surface area (TPSA) is 62.1 Å². The van der Waals surface area contributed by atoms with E-state index >= 15 is 0 Å². The summed E-state index contributed by atoms with van der Waals surface area (Å²) >= 11 is 12.9. The Morgan fingerprint density at radius 2 is 2.18 bits per heavy atom. The Morgan fingerprint density at radius 1 is 1.36 bits per heavy atom. The van der Waals surface area contributed by atoms with Crippen molar-refractivity contribution in [3.8, 4) is 11.8 Å². The summed E-state index contributed by atoms with van der Waals surface area (Å²) in [5.41, 5.74) is 0.943. The van der Waals surface area contributed by atoms with E-state index in [-0.39, 0.29) is 5.91 Å². The van der Waals surface area contributed by atoms with Crippen LogP contribution in [0, 0.1) is 11.3 Å². The van der Waals surface area contributed by atoms with Gasteiger partial charge in [0.1, 0.15) is 10.1 Å². The highest BCUT2D eigenvalue weighted by Gasteiger charge is 2.14. The maximum Gasteiger partial charge on any atom is 0.258 e. The molecule has 2 aromatic rings. The van der Waals surface area contributed by atoms with Crippen LogP contribution in [0.1, 0.15) is 23.2 Å². The maximum atomic E-state index is 12.1. The average molecular weight is 355 g/mol. The van der Waals surface area contributed by atoms with E-state index < -0.39 is 0 Å². The van der Waals surface area contributed by atoms with E-state index in [0.29, 0.717) is 45.1 Å². The van der Waals surface area contributed by atoms with Gasteiger partial charge in [-0.2, -0.15) is 5.26 Å². The number of hydrogen-bond acceptors (Lipinski definition) is 4. The van der Waals surface area contributed by atoms with Crippen LogP contribution >= 0.6 is 34.5 Å². The largest absolute Gasteiger partial charge is 0.493 e. The summed E-state index contributed by atoms with van der Waals surface area (Å²) in [5, 5.41) is 11.2. The smallest absolute Gasteiger partial charge is 0.258 e. The van der Waals surface area contributed by atoms with E-state index in [4.69, 9.17) is 33.2 Å². The highest BCUT2D eigenvalue weighted by Crippen LogP contribution is 2.31. The zero-order chi connectivity index (χ0) is 15.9. The molecule has 0 radical (unpaired) electrons. The van der Waals surface area contributed by atoms with Crippen LogP contribution in [-0.4, -0.2) is 12.5 Å². The van der Waals surface area contributed by atoms with Crippen LogP contribution in [0.5, 0.6) is 5.75 Å². The highest BCUT2D eigenvalue weighted by molar-refractivity contribution is 7.20. The van der Waals surface area contributed by atoms with Crippen LogP contribution < -0.4 is 10.1 Å². The SMILES string of the molecule is N#CCCCOc1cccc(NC(=O)c2cc(Cl)sc2Cl)c1. The Morgan fingerprint density at radius 3 is 2.86 bits per heavy atom. The molecule has 0 unspecified atom stereocenters. The van der Waals surface area contributed by atoms with E-state index in [1.165, 1.54) is 6.07 Å². The zero-order valence-corrected chi connectivity index (χ0v) is 13.8. The van der Waals surface area contributed by atoms with E-state index in [0.717, 1.165) is 11.3 Å². The molecule has 22 heavy (non-hydrogen) atoms. The van der Waals surface area contributed by atoms with E-state index in [9.17, 15) is 4.79 Å². The molecule has 0 aliphatic rings. The van der Waals surface area contributed by atoms with Gasteiger partial charge in [-0.15, -0.1) is 11.3 Å². The Bertz CT molecular complexity index is 710. The minimum atomic E-state index is -0.324. The number of nitriles is 1. The fourth-order valence-corrected chi connectivity index (χ4v) is 3.16. The third-order valence-electron chi connectivity index (χ3n) is 2.69. The molecule has 7 heteroatoms. The maximum absolute atomic E-state index is 12.1. The summed E-state index contributed by atoms with van der Waals surface area (Å²) < 4.78 is 6.33. The van der Waals surface area contributed by atoms with Gasteiger partial charge >= 0.3 is 0 Å². The molecule has 1 aromatic carbocycles. The van der Waals surface area contributed by atoms with E-state index in [1.54, 1.807) is 24.3 Å². The van der Waals surface area contributed by atoms with Gasteiger partial charge in [0, 0.05) is 18.2 Å². The number of carbonyl (C=O) groups excluding carboxylic acids is 1. The molecule has 0 spiro atoms. The predicted molar refractivity (Wildman–Crippen MR) is 89.1 cm³/mol. The minimum Gasteiger partial charge on any atom is -0.493 e. The van der Waals surface area contributed by atoms with Crippen molar-refractivity contribution in [2.24, 2.45) is 0 Å². The van der Waals surface area contributed by atoms with Gasteiger partial charge in [-0.1, -0.05) is 29.3 Å². The molecule has 0 saturated heterocycles. The second-order valence-corrected chi connectivity index (χ2v) is 6.62. The van der Waals surface area contributed by atoms with Crippen molar-refractivity contribution in [1.29, 1.82) is 5.26 Å². The van der Waals surface area contributed by atoms with Gasteiger partial charge in [-0.05, 0) is 24.6 Å². The standard InChI is InChI=1S/C15H12Cl2N2O2S/c16-13-9-12(14(17)22-13)15(20)19-10-4-3-5-11(8-10)21-7-2-1-6-18/h3-5,8-9H,1-2,7H2,(H,19,20). The summed E-state index contributed by atoms with van der Waals surface area (Å²) in [6, 6.07) is 10.6. The number of nitrogens with zero attached hydrogens (tertiary/aromatic N) is 1. The van der Waals surface area contributed by atoms with Gasteiger partial charge in [0.2, 0.25) is 0 Å². The van der Waals surface area contributed by atoms with Gasteiger partial charge in [-0.3, -0.25) is 4.79 Å². The van der Waals surface area contributed by atoms with Crippen LogP contribution in [0.3, 0.4) is 0 Å². The second kappa shape index (κ2) is 8.04. The van der Waals surface area contributed by atoms with Crippen LogP contribution in [-0.2, 0) is 0 Å². The first kappa shape index (κ1) is 16.6. The summed E-state index contributed by atoms with van der Waals surface area (Å²) in [6.45, 7) is 0.455. The predicted octanol–water partition coefficient (Wildman–Crippen LogP) is 4.99.